The summed E-state index contributed by atoms with van der Waals surface area (Å²) < 4.78 is 6.66. The molecule has 1 N–H and O–H groups in total. The zero-order chi connectivity index (χ0) is 17.5. The van der Waals surface area contributed by atoms with Gasteiger partial charge in [-0.1, -0.05) is 23.9 Å². The summed E-state index contributed by atoms with van der Waals surface area (Å²) in [6.45, 7) is 0.455. The predicted octanol–water partition coefficient (Wildman–Crippen LogP) is 1.47. The number of methoxy groups -OCH3 is 1. The van der Waals surface area contributed by atoms with Gasteiger partial charge in [-0.3, -0.25) is 9.78 Å². The molecule has 0 radical (unpaired) electrons. The average molecular weight is 356 g/mol. The van der Waals surface area contributed by atoms with E-state index < -0.39 is 0 Å². The summed E-state index contributed by atoms with van der Waals surface area (Å²) in [4.78, 5) is 16.1. The number of nitrogens with one attached hydrogen (secondary N) is 1. The lowest BCUT2D eigenvalue weighted by Crippen LogP contribution is -2.24. The third-order valence-corrected chi connectivity index (χ3v) is 4.23. The number of hydrogen-bond acceptors (Lipinski definition) is 7. The number of carbonyl (C=O) groups excluding carboxylic acids is 1. The number of hydrogen-bond donors (Lipinski definition) is 1. The molecule has 128 valence electrons. The van der Waals surface area contributed by atoms with E-state index in [4.69, 9.17) is 4.74 Å². The van der Waals surface area contributed by atoms with E-state index in [1.54, 1.807) is 30.3 Å². The first-order valence-corrected chi connectivity index (χ1v) is 8.46. The van der Waals surface area contributed by atoms with E-state index in [1.165, 1.54) is 11.8 Å². The molecule has 8 nitrogen and oxygen atoms in total. The number of thioether (sulfide) groups is 1. The zero-order valence-electron chi connectivity index (χ0n) is 13.5. The van der Waals surface area contributed by atoms with E-state index >= 15 is 0 Å². The SMILES string of the molecule is COc1ccc(CNC(=O)CSc2nnnn2-c2cccnc2)cc1. The quantitative estimate of drug-likeness (QED) is 0.641. The maximum Gasteiger partial charge on any atom is 0.230 e. The molecule has 0 spiro atoms. The van der Waals surface area contributed by atoms with Gasteiger partial charge >= 0.3 is 0 Å². The number of carbonyl (C=O) groups is 1. The molecule has 0 bridgehead atoms. The summed E-state index contributed by atoms with van der Waals surface area (Å²) in [6, 6.07) is 11.2. The summed E-state index contributed by atoms with van der Waals surface area (Å²) in [5.41, 5.74) is 1.74. The minimum atomic E-state index is -0.0958. The Balaban J connectivity index is 1.52. The van der Waals surface area contributed by atoms with Crippen LogP contribution in [0.3, 0.4) is 0 Å². The summed E-state index contributed by atoms with van der Waals surface area (Å²) in [7, 11) is 1.62. The molecule has 1 aromatic carbocycles. The van der Waals surface area contributed by atoms with E-state index in [9.17, 15) is 4.79 Å². The lowest BCUT2D eigenvalue weighted by atomic mass is 10.2. The van der Waals surface area contributed by atoms with Crippen LogP contribution in [0, 0.1) is 0 Å². The van der Waals surface area contributed by atoms with Crippen molar-refractivity contribution in [1.29, 1.82) is 0 Å². The van der Waals surface area contributed by atoms with Crippen LogP contribution in [-0.4, -0.2) is 44.0 Å². The summed E-state index contributed by atoms with van der Waals surface area (Å²) in [5.74, 6) is 0.908. The minimum Gasteiger partial charge on any atom is -0.497 e. The second kappa shape index (κ2) is 8.25. The highest BCUT2D eigenvalue weighted by atomic mass is 32.2. The summed E-state index contributed by atoms with van der Waals surface area (Å²) in [6.07, 6.45) is 3.33. The van der Waals surface area contributed by atoms with Gasteiger partial charge < -0.3 is 10.1 Å². The van der Waals surface area contributed by atoms with Crippen molar-refractivity contribution in [2.45, 2.75) is 11.7 Å². The first-order valence-electron chi connectivity index (χ1n) is 7.47. The highest BCUT2D eigenvalue weighted by Gasteiger charge is 2.11. The molecule has 3 rings (SSSR count). The van der Waals surface area contributed by atoms with Crippen LogP contribution in [0.4, 0.5) is 0 Å². The first-order chi connectivity index (χ1) is 12.3. The molecule has 0 aliphatic rings. The average Bonchev–Trinajstić information content (AvgIpc) is 3.14. The van der Waals surface area contributed by atoms with Crippen LogP contribution >= 0.6 is 11.8 Å². The third kappa shape index (κ3) is 4.54. The molecule has 1 amide bonds. The molecule has 0 saturated carbocycles. The fourth-order valence-electron chi connectivity index (χ4n) is 2.04. The van der Waals surface area contributed by atoms with E-state index in [1.807, 2.05) is 30.3 Å². The van der Waals surface area contributed by atoms with Gasteiger partial charge in [-0.2, -0.15) is 4.68 Å². The van der Waals surface area contributed by atoms with Crippen molar-refractivity contribution in [3.05, 3.63) is 54.4 Å². The minimum absolute atomic E-state index is 0.0958. The van der Waals surface area contributed by atoms with Crippen LogP contribution in [-0.2, 0) is 11.3 Å². The predicted molar refractivity (Wildman–Crippen MR) is 92.5 cm³/mol. The van der Waals surface area contributed by atoms with E-state index in [0.29, 0.717) is 11.7 Å². The van der Waals surface area contributed by atoms with Crippen LogP contribution in [0.15, 0.2) is 53.9 Å². The normalized spacial score (nSPS) is 10.4. The van der Waals surface area contributed by atoms with E-state index in [0.717, 1.165) is 17.0 Å². The molecule has 2 heterocycles. The molecule has 0 aliphatic carbocycles. The topological polar surface area (TPSA) is 94.8 Å². The monoisotopic (exact) mass is 356 g/mol. The molecule has 25 heavy (non-hydrogen) atoms. The van der Waals surface area contributed by atoms with Crippen LogP contribution in [0.2, 0.25) is 0 Å². The molecule has 9 heteroatoms. The standard InChI is InChI=1S/C16H16N6O2S/c1-24-14-6-4-12(5-7-14)9-18-15(23)11-25-16-19-20-21-22(16)13-3-2-8-17-10-13/h2-8,10H,9,11H2,1H3,(H,18,23). The Hall–Kier alpha value is -2.94. The van der Waals surface area contributed by atoms with Crippen molar-refractivity contribution in [3.8, 4) is 11.4 Å². The van der Waals surface area contributed by atoms with Gasteiger partial charge in [0.25, 0.3) is 0 Å². The van der Waals surface area contributed by atoms with Crippen LogP contribution in [0.1, 0.15) is 5.56 Å². The van der Waals surface area contributed by atoms with Gasteiger partial charge in [0.1, 0.15) is 5.75 Å². The number of ether oxygens (including phenoxy) is 1. The van der Waals surface area contributed by atoms with Crippen LogP contribution in [0.25, 0.3) is 5.69 Å². The number of tetrazole rings is 1. The van der Waals surface area contributed by atoms with Gasteiger partial charge in [0.2, 0.25) is 11.1 Å². The molecule has 0 saturated heterocycles. The molecule has 2 aromatic heterocycles. The van der Waals surface area contributed by atoms with Gasteiger partial charge in [0.05, 0.1) is 24.7 Å². The number of nitrogens with zero attached hydrogens (tertiary/aromatic N) is 5. The Morgan fingerprint density at radius 2 is 2.12 bits per heavy atom. The number of benzene rings is 1. The molecular weight excluding hydrogens is 340 g/mol. The molecule has 0 aliphatic heterocycles. The largest absolute Gasteiger partial charge is 0.497 e. The summed E-state index contributed by atoms with van der Waals surface area (Å²) >= 11 is 1.26. The molecule has 0 unspecified atom stereocenters. The number of pyridine rings is 1. The fourth-order valence-corrected chi connectivity index (χ4v) is 2.76. The van der Waals surface area contributed by atoms with Gasteiger partial charge in [0.15, 0.2) is 0 Å². The second-order valence-corrected chi connectivity index (χ2v) is 5.94. The van der Waals surface area contributed by atoms with Crippen molar-refractivity contribution in [2.24, 2.45) is 0 Å². The molecule has 0 fully saturated rings. The Morgan fingerprint density at radius 3 is 2.84 bits per heavy atom. The van der Waals surface area contributed by atoms with Crippen molar-refractivity contribution in [2.75, 3.05) is 12.9 Å². The summed E-state index contributed by atoms with van der Waals surface area (Å²) in [5, 5.41) is 14.9. The van der Waals surface area contributed by atoms with Crippen molar-refractivity contribution in [3.63, 3.8) is 0 Å². The Bertz CT molecular complexity index is 822. The number of rotatable bonds is 7. The van der Waals surface area contributed by atoms with E-state index in [-0.39, 0.29) is 11.7 Å². The Labute approximate surface area is 148 Å². The third-order valence-electron chi connectivity index (χ3n) is 3.31. The Morgan fingerprint density at radius 1 is 1.28 bits per heavy atom. The number of amides is 1. The van der Waals surface area contributed by atoms with Gasteiger partial charge in [-0.25, -0.2) is 0 Å². The maximum absolute atomic E-state index is 12.0. The highest BCUT2D eigenvalue weighted by Crippen LogP contribution is 2.17. The zero-order valence-corrected chi connectivity index (χ0v) is 14.3. The second-order valence-electron chi connectivity index (χ2n) is 5.00. The maximum atomic E-state index is 12.0. The highest BCUT2D eigenvalue weighted by molar-refractivity contribution is 7.99. The van der Waals surface area contributed by atoms with Crippen molar-refractivity contribution >= 4 is 17.7 Å². The van der Waals surface area contributed by atoms with Gasteiger partial charge in [0, 0.05) is 12.7 Å². The lowest BCUT2D eigenvalue weighted by Gasteiger charge is -2.06. The smallest absolute Gasteiger partial charge is 0.230 e. The molecule has 0 atom stereocenters. The van der Waals surface area contributed by atoms with Gasteiger partial charge in [-0.15, -0.1) is 5.10 Å². The van der Waals surface area contributed by atoms with Crippen LogP contribution < -0.4 is 10.1 Å². The molecule has 3 aromatic rings. The van der Waals surface area contributed by atoms with Crippen molar-refractivity contribution in [1.82, 2.24) is 30.5 Å². The molecular formula is C16H16N6O2S. The lowest BCUT2D eigenvalue weighted by molar-refractivity contribution is -0.118. The van der Waals surface area contributed by atoms with E-state index in [2.05, 4.69) is 25.8 Å². The fraction of sp³-hybridized carbons (Fsp3) is 0.188. The first kappa shape index (κ1) is 16.9. The van der Waals surface area contributed by atoms with Gasteiger partial charge in [-0.05, 0) is 40.3 Å². The Kier molecular flexibility index (Phi) is 5.57. The van der Waals surface area contributed by atoms with Crippen LogP contribution in [0.5, 0.6) is 5.75 Å². The number of aromatic nitrogens is 5. The van der Waals surface area contributed by atoms with Crippen molar-refractivity contribution < 1.29 is 9.53 Å².